The van der Waals surface area contributed by atoms with Crippen LogP contribution in [0.2, 0.25) is 0 Å². The van der Waals surface area contributed by atoms with Gasteiger partial charge in [-0.1, -0.05) is 26.0 Å². The van der Waals surface area contributed by atoms with Crippen LogP contribution in [-0.4, -0.2) is 120 Å². The van der Waals surface area contributed by atoms with E-state index in [0.717, 1.165) is 61.9 Å². The van der Waals surface area contributed by atoms with Gasteiger partial charge in [0.15, 0.2) is 5.65 Å². The van der Waals surface area contributed by atoms with Gasteiger partial charge in [0, 0.05) is 68.2 Å². The first kappa shape index (κ1) is 31.0. The summed E-state index contributed by atoms with van der Waals surface area (Å²) in [5.74, 6) is 0.00519. The van der Waals surface area contributed by atoms with Gasteiger partial charge in [-0.25, -0.2) is 18.6 Å². The molecule has 2 aromatic heterocycles. The Bertz CT molecular complexity index is 1630. The van der Waals surface area contributed by atoms with Crippen LogP contribution in [0.3, 0.4) is 0 Å². The van der Waals surface area contributed by atoms with E-state index in [1.807, 2.05) is 11.0 Å². The molecule has 4 aliphatic rings. The summed E-state index contributed by atoms with van der Waals surface area (Å²) in [6.07, 6.45) is -0.0213. The molecular weight excluding hydrogens is 591 g/mol. The number of carbonyl (C=O) groups is 2. The number of hydrogen-bond acceptors (Lipinski definition) is 9. The lowest BCUT2D eigenvalue weighted by molar-refractivity contribution is -0.121. The standard InChI is InChI=1S/C33H43FN8O4/c1-21-16-39(26(15-35-21)17-38-9-11-45-19-22(38)2)18-28(43)41-20-33(3,4)29-27(41)14-24(13-23-5-7-25(34)8-6-23)30-36-31(37-42(29)30)40-10-12-46-32(40)44/h5-8,14,21-22,26,35H,9-13,15-20H2,1-4H3/t21-,22-,26-/m1/s1. The Labute approximate surface area is 268 Å². The molecule has 0 radical (unpaired) electrons. The largest absolute Gasteiger partial charge is 0.447 e. The number of nitrogens with one attached hydrogen (secondary N) is 1. The topological polar surface area (TPSA) is 108 Å². The molecule has 7 rings (SSSR count). The number of ether oxygens (including phenoxy) is 2. The molecule has 3 saturated heterocycles. The fourth-order valence-electron chi connectivity index (χ4n) is 7.30. The highest BCUT2D eigenvalue weighted by Crippen LogP contribution is 2.42. The predicted molar refractivity (Wildman–Crippen MR) is 171 cm³/mol. The monoisotopic (exact) mass is 634 g/mol. The van der Waals surface area contributed by atoms with E-state index in [9.17, 15) is 14.0 Å². The summed E-state index contributed by atoms with van der Waals surface area (Å²) in [5.41, 5.74) is 3.57. The molecule has 1 aromatic carbocycles. The Morgan fingerprint density at radius 3 is 2.67 bits per heavy atom. The van der Waals surface area contributed by atoms with Crippen molar-refractivity contribution in [2.45, 2.75) is 57.7 Å². The van der Waals surface area contributed by atoms with Crippen LogP contribution in [0.4, 0.5) is 20.8 Å². The Morgan fingerprint density at radius 2 is 1.93 bits per heavy atom. The number of fused-ring (bicyclic) bond motifs is 3. The molecule has 3 atom stereocenters. The molecule has 6 heterocycles. The highest BCUT2D eigenvalue weighted by Gasteiger charge is 2.43. The molecule has 3 fully saturated rings. The number of carbonyl (C=O) groups excluding carboxylic acids is 2. The van der Waals surface area contributed by atoms with Crippen LogP contribution in [0.25, 0.3) is 5.65 Å². The van der Waals surface area contributed by atoms with Gasteiger partial charge in [-0.15, -0.1) is 5.10 Å². The van der Waals surface area contributed by atoms with Gasteiger partial charge in [0.25, 0.3) is 5.95 Å². The van der Waals surface area contributed by atoms with Crippen molar-refractivity contribution in [1.29, 1.82) is 0 Å². The molecular formula is C33H43FN8O4. The van der Waals surface area contributed by atoms with Gasteiger partial charge in [0.05, 0.1) is 37.7 Å². The third-order valence-corrected chi connectivity index (χ3v) is 9.76. The van der Waals surface area contributed by atoms with Crippen LogP contribution >= 0.6 is 0 Å². The number of anilines is 2. The first-order chi connectivity index (χ1) is 22.1. The number of piperazine rings is 1. The Hall–Kier alpha value is -3.65. The number of cyclic esters (lactones) is 1. The molecule has 12 nitrogen and oxygen atoms in total. The highest BCUT2D eigenvalue weighted by molar-refractivity contribution is 5.98. The number of pyridine rings is 1. The van der Waals surface area contributed by atoms with Crippen molar-refractivity contribution in [1.82, 2.24) is 29.7 Å². The van der Waals surface area contributed by atoms with Crippen molar-refractivity contribution in [3.63, 3.8) is 0 Å². The molecule has 0 saturated carbocycles. The van der Waals surface area contributed by atoms with E-state index in [4.69, 9.17) is 19.6 Å². The summed E-state index contributed by atoms with van der Waals surface area (Å²) in [6.45, 7) is 14.9. The molecule has 1 N–H and O–H groups in total. The lowest BCUT2D eigenvalue weighted by Crippen LogP contribution is -2.62. The maximum atomic E-state index is 14.3. The van der Waals surface area contributed by atoms with Gasteiger partial charge in [-0.05, 0) is 37.6 Å². The molecule has 2 amide bonds. The molecule has 246 valence electrons. The third-order valence-electron chi connectivity index (χ3n) is 9.76. The van der Waals surface area contributed by atoms with Crippen molar-refractivity contribution in [2.75, 3.05) is 75.4 Å². The van der Waals surface area contributed by atoms with E-state index < -0.39 is 11.5 Å². The quantitative estimate of drug-likeness (QED) is 0.420. The van der Waals surface area contributed by atoms with Gasteiger partial charge in [-0.3, -0.25) is 14.6 Å². The van der Waals surface area contributed by atoms with Crippen molar-refractivity contribution >= 4 is 29.3 Å². The highest BCUT2D eigenvalue weighted by atomic mass is 19.1. The molecule has 13 heteroatoms. The summed E-state index contributed by atoms with van der Waals surface area (Å²) in [7, 11) is 0. The minimum atomic E-state index is -0.477. The zero-order valence-electron chi connectivity index (χ0n) is 27.0. The van der Waals surface area contributed by atoms with Crippen LogP contribution in [0, 0.1) is 5.82 Å². The minimum Gasteiger partial charge on any atom is -0.447 e. The Kier molecular flexibility index (Phi) is 8.20. The average Bonchev–Trinajstić information content (AvgIpc) is 3.71. The van der Waals surface area contributed by atoms with Crippen molar-refractivity contribution in [2.24, 2.45) is 0 Å². The summed E-state index contributed by atoms with van der Waals surface area (Å²) in [4.78, 5) is 39.8. The van der Waals surface area contributed by atoms with Crippen molar-refractivity contribution in [3.05, 3.63) is 53.0 Å². The SMILES string of the molecule is C[C@@H]1CN(CC(=O)N2CC(C)(C)c3c2cc(Cc2ccc(F)cc2)c2nc(N4CCOC4=O)nn32)[C@@H](CN2CCOC[C@H]2C)CN1. The number of hydrogen-bond donors (Lipinski definition) is 1. The zero-order valence-corrected chi connectivity index (χ0v) is 27.0. The van der Waals surface area contributed by atoms with Gasteiger partial charge in [0.2, 0.25) is 5.91 Å². The van der Waals surface area contributed by atoms with Crippen LogP contribution in [0.5, 0.6) is 0 Å². The molecule has 0 unspecified atom stereocenters. The number of morpholine rings is 1. The minimum absolute atomic E-state index is 0.0384. The van der Waals surface area contributed by atoms with Crippen LogP contribution < -0.4 is 15.1 Å². The average molecular weight is 635 g/mol. The molecule has 4 aliphatic heterocycles. The summed E-state index contributed by atoms with van der Waals surface area (Å²) in [5, 5.41) is 8.45. The number of amides is 2. The fourth-order valence-corrected chi connectivity index (χ4v) is 7.30. The van der Waals surface area contributed by atoms with E-state index in [2.05, 4.69) is 42.8 Å². The lowest BCUT2D eigenvalue weighted by Gasteiger charge is -2.43. The summed E-state index contributed by atoms with van der Waals surface area (Å²) < 4.78 is 26.4. The van der Waals surface area contributed by atoms with Crippen LogP contribution in [-0.2, 0) is 26.1 Å². The molecule has 0 aliphatic carbocycles. The molecule has 0 spiro atoms. The van der Waals surface area contributed by atoms with Crippen molar-refractivity contribution in [3.8, 4) is 0 Å². The first-order valence-electron chi connectivity index (χ1n) is 16.3. The Balaban J connectivity index is 1.23. The normalized spacial score (nSPS) is 25.3. The van der Waals surface area contributed by atoms with E-state index in [1.54, 1.807) is 16.6 Å². The predicted octanol–water partition coefficient (Wildman–Crippen LogP) is 2.42. The van der Waals surface area contributed by atoms with Gasteiger partial charge in [-0.2, -0.15) is 4.98 Å². The van der Waals surface area contributed by atoms with E-state index in [-0.39, 0.29) is 36.4 Å². The third kappa shape index (κ3) is 5.85. The fraction of sp³-hybridized carbons (Fsp3) is 0.576. The first-order valence-corrected chi connectivity index (χ1v) is 16.3. The number of benzene rings is 1. The lowest BCUT2D eigenvalue weighted by atomic mass is 9.90. The van der Waals surface area contributed by atoms with E-state index in [0.29, 0.717) is 37.7 Å². The maximum Gasteiger partial charge on any atom is 0.416 e. The second-order valence-corrected chi connectivity index (χ2v) is 13.8. The number of nitrogens with zero attached hydrogens (tertiary/aromatic N) is 7. The Morgan fingerprint density at radius 1 is 1.13 bits per heavy atom. The molecule has 3 aromatic rings. The second-order valence-electron chi connectivity index (χ2n) is 13.8. The number of rotatable bonds is 7. The van der Waals surface area contributed by atoms with Gasteiger partial charge in [0.1, 0.15) is 12.4 Å². The smallest absolute Gasteiger partial charge is 0.416 e. The number of halogens is 1. The summed E-state index contributed by atoms with van der Waals surface area (Å²) >= 11 is 0. The van der Waals surface area contributed by atoms with E-state index in [1.165, 1.54) is 17.0 Å². The number of aromatic nitrogens is 3. The summed E-state index contributed by atoms with van der Waals surface area (Å²) in [6, 6.07) is 9.24. The molecule has 46 heavy (non-hydrogen) atoms. The van der Waals surface area contributed by atoms with Gasteiger partial charge < -0.3 is 19.7 Å². The van der Waals surface area contributed by atoms with Gasteiger partial charge >= 0.3 is 6.09 Å². The van der Waals surface area contributed by atoms with E-state index >= 15 is 0 Å². The second kappa shape index (κ2) is 12.2. The van der Waals surface area contributed by atoms with Crippen LogP contribution in [0.1, 0.15) is 44.5 Å². The van der Waals surface area contributed by atoms with Crippen LogP contribution in [0.15, 0.2) is 30.3 Å². The maximum absolute atomic E-state index is 14.3. The van der Waals surface area contributed by atoms with Crippen molar-refractivity contribution < 1.29 is 23.5 Å². The molecule has 0 bridgehead atoms. The zero-order chi connectivity index (χ0) is 32.2.